The third kappa shape index (κ3) is 4.06. The monoisotopic (exact) mass is 388 g/mol. The average Bonchev–Trinajstić information content (AvgIpc) is 3.38. The summed E-state index contributed by atoms with van der Waals surface area (Å²) < 4.78 is 1.88. The van der Waals surface area contributed by atoms with Crippen molar-refractivity contribution in [3.05, 3.63) is 28.0 Å². The molecule has 2 aliphatic rings. The summed E-state index contributed by atoms with van der Waals surface area (Å²) in [6, 6.07) is 0.346. The van der Waals surface area contributed by atoms with Gasteiger partial charge in [0.2, 0.25) is 0 Å². The van der Waals surface area contributed by atoms with Crippen molar-refractivity contribution in [3.8, 4) is 0 Å². The average molecular weight is 389 g/mol. The Labute approximate surface area is 164 Å². The van der Waals surface area contributed by atoms with E-state index in [-0.39, 0.29) is 5.91 Å². The van der Waals surface area contributed by atoms with E-state index in [0.717, 1.165) is 62.6 Å². The fraction of sp³-hybridized carbons (Fsp3) is 0.684. The van der Waals surface area contributed by atoms with E-state index >= 15 is 0 Å². The van der Waals surface area contributed by atoms with Crippen molar-refractivity contribution in [3.63, 3.8) is 0 Å². The first-order valence-corrected chi connectivity index (χ1v) is 10.9. The van der Waals surface area contributed by atoms with Crippen LogP contribution in [0.2, 0.25) is 0 Å². The number of hydrogen-bond acceptors (Lipinski definition) is 6. The molecule has 1 unspecified atom stereocenters. The van der Waals surface area contributed by atoms with Gasteiger partial charge in [-0.25, -0.2) is 9.67 Å². The highest BCUT2D eigenvalue weighted by Crippen LogP contribution is 2.31. The molecule has 0 spiro atoms. The molecule has 146 valence electrons. The van der Waals surface area contributed by atoms with Gasteiger partial charge in [-0.3, -0.25) is 4.79 Å². The van der Waals surface area contributed by atoms with Crippen LogP contribution in [0.5, 0.6) is 0 Å². The number of amides is 1. The largest absolute Gasteiger partial charge is 0.337 e. The molecule has 27 heavy (non-hydrogen) atoms. The van der Waals surface area contributed by atoms with Crippen LogP contribution in [0.1, 0.15) is 78.6 Å². The van der Waals surface area contributed by atoms with Crippen molar-refractivity contribution < 1.29 is 4.79 Å². The Morgan fingerprint density at radius 3 is 2.85 bits per heavy atom. The van der Waals surface area contributed by atoms with Gasteiger partial charge in [0.25, 0.3) is 5.91 Å². The van der Waals surface area contributed by atoms with Gasteiger partial charge in [0.15, 0.2) is 5.69 Å². The minimum atomic E-state index is 0.000485. The van der Waals surface area contributed by atoms with Gasteiger partial charge in [0, 0.05) is 24.4 Å². The molecule has 2 aliphatic heterocycles. The van der Waals surface area contributed by atoms with Crippen LogP contribution in [0.3, 0.4) is 0 Å². The molecular weight excluding hydrogens is 360 g/mol. The molecule has 4 rings (SSSR count). The van der Waals surface area contributed by atoms with Crippen LogP contribution < -0.4 is 5.32 Å². The summed E-state index contributed by atoms with van der Waals surface area (Å²) in [7, 11) is 0. The van der Waals surface area contributed by atoms with Crippen LogP contribution in [0.4, 0.5) is 0 Å². The summed E-state index contributed by atoms with van der Waals surface area (Å²) in [6.45, 7) is 7.84. The Morgan fingerprint density at radius 2 is 2.11 bits per heavy atom. The standard InChI is InChI=1S/C19H28N6OS/c1-13(2)17-12-27-18(21-17)14-4-3-9-24(10-14)19(26)16-11-25(23-22-16)15-5-7-20-8-6-15/h11-15,20H,3-10H2,1-2H3. The molecule has 1 N–H and O–H groups in total. The van der Waals surface area contributed by atoms with E-state index in [1.807, 2.05) is 15.8 Å². The molecule has 2 saturated heterocycles. The van der Waals surface area contributed by atoms with E-state index in [4.69, 9.17) is 4.98 Å². The van der Waals surface area contributed by atoms with Gasteiger partial charge >= 0.3 is 0 Å². The van der Waals surface area contributed by atoms with Crippen molar-refractivity contribution in [1.29, 1.82) is 0 Å². The minimum absolute atomic E-state index is 0.000485. The number of thiazole rings is 1. The summed E-state index contributed by atoms with van der Waals surface area (Å²) in [6.07, 6.45) is 6.00. The van der Waals surface area contributed by atoms with Crippen LogP contribution in [-0.4, -0.2) is 57.0 Å². The Bertz CT molecular complexity index is 779. The van der Waals surface area contributed by atoms with Gasteiger partial charge < -0.3 is 10.2 Å². The predicted octanol–water partition coefficient (Wildman–Crippen LogP) is 2.80. The van der Waals surface area contributed by atoms with E-state index in [0.29, 0.717) is 23.6 Å². The first-order valence-electron chi connectivity index (χ1n) is 9.99. The van der Waals surface area contributed by atoms with Crippen LogP contribution in [-0.2, 0) is 0 Å². The molecule has 1 atom stereocenters. The number of carbonyl (C=O) groups is 1. The zero-order valence-electron chi connectivity index (χ0n) is 16.1. The lowest BCUT2D eigenvalue weighted by atomic mass is 9.98. The summed E-state index contributed by atoms with van der Waals surface area (Å²) >= 11 is 1.73. The molecule has 0 saturated carbocycles. The lowest BCUT2D eigenvalue weighted by molar-refractivity contribution is 0.0701. The van der Waals surface area contributed by atoms with E-state index < -0.39 is 0 Å². The fourth-order valence-electron chi connectivity index (χ4n) is 3.90. The minimum Gasteiger partial charge on any atom is -0.337 e. The van der Waals surface area contributed by atoms with E-state index in [2.05, 4.69) is 34.9 Å². The van der Waals surface area contributed by atoms with Gasteiger partial charge in [-0.1, -0.05) is 19.1 Å². The van der Waals surface area contributed by atoms with E-state index in [1.165, 1.54) is 0 Å². The predicted molar refractivity (Wildman–Crippen MR) is 105 cm³/mol. The maximum absolute atomic E-state index is 13.0. The van der Waals surface area contributed by atoms with Gasteiger partial charge in [-0.15, -0.1) is 16.4 Å². The first kappa shape index (κ1) is 18.6. The third-order valence-electron chi connectivity index (χ3n) is 5.60. The van der Waals surface area contributed by atoms with Crippen molar-refractivity contribution in [2.75, 3.05) is 26.2 Å². The molecule has 2 aromatic rings. The Kier molecular flexibility index (Phi) is 5.54. The summed E-state index contributed by atoms with van der Waals surface area (Å²) in [5.74, 6) is 0.779. The number of nitrogens with one attached hydrogen (secondary N) is 1. The first-order chi connectivity index (χ1) is 13.1. The normalized spacial score (nSPS) is 21.7. The second-order valence-electron chi connectivity index (χ2n) is 7.92. The third-order valence-corrected chi connectivity index (χ3v) is 6.63. The van der Waals surface area contributed by atoms with Gasteiger partial charge in [-0.2, -0.15) is 0 Å². The highest BCUT2D eigenvalue weighted by Gasteiger charge is 2.29. The van der Waals surface area contributed by atoms with Gasteiger partial charge in [-0.05, 0) is 44.7 Å². The van der Waals surface area contributed by atoms with Crippen molar-refractivity contribution in [2.45, 2.75) is 57.4 Å². The number of likely N-dealkylation sites (tertiary alicyclic amines) is 1. The molecule has 0 aromatic carbocycles. The summed E-state index contributed by atoms with van der Waals surface area (Å²) in [5, 5.41) is 15.1. The molecular formula is C19H28N6OS. The second kappa shape index (κ2) is 8.06. The topological polar surface area (TPSA) is 75.9 Å². The van der Waals surface area contributed by atoms with Crippen molar-refractivity contribution in [2.24, 2.45) is 0 Å². The van der Waals surface area contributed by atoms with Crippen LogP contribution in [0.25, 0.3) is 0 Å². The van der Waals surface area contributed by atoms with E-state index in [1.54, 1.807) is 11.3 Å². The smallest absolute Gasteiger partial charge is 0.276 e. The van der Waals surface area contributed by atoms with E-state index in [9.17, 15) is 4.79 Å². The Morgan fingerprint density at radius 1 is 1.30 bits per heavy atom. The highest BCUT2D eigenvalue weighted by atomic mass is 32.1. The molecule has 2 aromatic heterocycles. The lowest BCUT2D eigenvalue weighted by Gasteiger charge is -2.31. The molecule has 8 heteroatoms. The quantitative estimate of drug-likeness (QED) is 0.872. The van der Waals surface area contributed by atoms with Gasteiger partial charge in [0.1, 0.15) is 0 Å². The Balaban J connectivity index is 1.43. The number of hydrogen-bond donors (Lipinski definition) is 1. The number of aromatic nitrogens is 4. The second-order valence-corrected chi connectivity index (χ2v) is 8.81. The molecule has 4 heterocycles. The zero-order chi connectivity index (χ0) is 18.8. The molecule has 0 bridgehead atoms. The number of piperidine rings is 2. The van der Waals surface area contributed by atoms with Crippen LogP contribution in [0.15, 0.2) is 11.6 Å². The highest BCUT2D eigenvalue weighted by molar-refractivity contribution is 7.09. The summed E-state index contributed by atoms with van der Waals surface area (Å²) in [5.41, 5.74) is 1.62. The van der Waals surface area contributed by atoms with Crippen LogP contribution >= 0.6 is 11.3 Å². The maximum Gasteiger partial charge on any atom is 0.276 e. The van der Waals surface area contributed by atoms with Crippen molar-refractivity contribution in [1.82, 2.24) is 30.2 Å². The number of carbonyl (C=O) groups excluding carboxylic acids is 1. The fourth-order valence-corrected chi connectivity index (χ4v) is 5.01. The van der Waals surface area contributed by atoms with Gasteiger partial charge in [0.05, 0.1) is 22.9 Å². The molecule has 2 fully saturated rings. The molecule has 7 nitrogen and oxygen atoms in total. The number of nitrogens with zero attached hydrogens (tertiary/aromatic N) is 5. The number of rotatable bonds is 4. The lowest BCUT2D eigenvalue weighted by Crippen LogP contribution is -2.39. The Hall–Kier alpha value is -1.80. The molecule has 0 aliphatic carbocycles. The molecule has 1 amide bonds. The zero-order valence-corrected chi connectivity index (χ0v) is 16.9. The van der Waals surface area contributed by atoms with Crippen LogP contribution in [0, 0.1) is 0 Å². The van der Waals surface area contributed by atoms with Crippen molar-refractivity contribution >= 4 is 17.2 Å². The SMILES string of the molecule is CC(C)c1csc(C2CCCN(C(=O)c3cn(C4CCNCC4)nn3)C2)n1. The maximum atomic E-state index is 13.0. The summed E-state index contributed by atoms with van der Waals surface area (Å²) in [4.78, 5) is 19.7. The molecule has 0 radical (unpaired) electrons.